The Kier molecular flexibility index (Phi) is 25.4. The van der Waals surface area contributed by atoms with E-state index in [1.807, 2.05) is 0 Å². The predicted molar refractivity (Wildman–Crippen MR) is 112 cm³/mol. The Balaban J connectivity index is 2.98. The fourth-order valence-electron chi connectivity index (χ4n) is 2.00. The van der Waals surface area contributed by atoms with Crippen LogP contribution in [0.3, 0.4) is 0 Å². The Bertz CT molecular complexity index is 292. The highest BCUT2D eigenvalue weighted by atomic mass is 16.6. The molecule has 0 atom stereocenters. The summed E-state index contributed by atoms with van der Waals surface area (Å²) in [7, 11) is 0. The van der Waals surface area contributed by atoms with E-state index in [1.165, 1.54) is 0 Å². The van der Waals surface area contributed by atoms with Gasteiger partial charge in [0, 0.05) is 13.2 Å². The van der Waals surface area contributed by atoms with Crippen molar-refractivity contribution in [3.63, 3.8) is 0 Å². The van der Waals surface area contributed by atoms with E-state index >= 15 is 0 Å². The Morgan fingerprint density at radius 1 is 0.379 bits per heavy atom. The molecule has 0 aromatic rings. The topological polar surface area (TPSA) is 73.8 Å². The summed E-state index contributed by atoms with van der Waals surface area (Å²) in [6.45, 7) is 16.0. The monoisotopic (exact) mass is 424 g/mol. The van der Waals surface area contributed by atoms with Crippen LogP contribution < -0.4 is 0 Å². The standard InChI is InChI=1S/C21H44O8/c1-4-5-22-6-7-23-8-9-24-10-11-25-12-13-26-14-15-27-16-17-28-18-19-29-20-21(2)3/h21H,4-20H2,1-3H3. The van der Waals surface area contributed by atoms with Crippen molar-refractivity contribution in [3.05, 3.63) is 0 Å². The molecule has 0 aromatic heterocycles. The van der Waals surface area contributed by atoms with Crippen molar-refractivity contribution >= 4 is 0 Å². The second-order valence-corrected chi connectivity index (χ2v) is 6.76. The van der Waals surface area contributed by atoms with E-state index in [4.69, 9.17) is 37.9 Å². The second kappa shape index (κ2) is 25.7. The van der Waals surface area contributed by atoms with Gasteiger partial charge < -0.3 is 37.9 Å². The van der Waals surface area contributed by atoms with E-state index in [9.17, 15) is 0 Å². The highest BCUT2D eigenvalue weighted by Crippen LogP contribution is 1.92. The van der Waals surface area contributed by atoms with Crippen LogP contribution in [0.2, 0.25) is 0 Å². The minimum Gasteiger partial charge on any atom is -0.379 e. The van der Waals surface area contributed by atoms with Crippen molar-refractivity contribution in [2.45, 2.75) is 27.2 Å². The third-order valence-corrected chi connectivity index (χ3v) is 3.40. The summed E-state index contributed by atoms with van der Waals surface area (Å²) in [5, 5.41) is 0. The molecule has 8 heteroatoms. The van der Waals surface area contributed by atoms with Gasteiger partial charge in [-0.1, -0.05) is 20.8 Å². The van der Waals surface area contributed by atoms with E-state index in [0.29, 0.717) is 98.4 Å². The van der Waals surface area contributed by atoms with Crippen molar-refractivity contribution in [1.82, 2.24) is 0 Å². The van der Waals surface area contributed by atoms with Crippen molar-refractivity contribution in [3.8, 4) is 0 Å². The van der Waals surface area contributed by atoms with Gasteiger partial charge in [0.05, 0.1) is 92.5 Å². The SMILES string of the molecule is CCCOCCOCCOCCOCCOCCOCCOCCOCC(C)C. The summed E-state index contributed by atoms with van der Waals surface area (Å²) in [5.74, 6) is 0.558. The molecule has 0 radical (unpaired) electrons. The van der Waals surface area contributed by atoms with Crippen LogP contribution in [0.15, 0.2) is 0 Å². The molecule has 0 aliphatic carbocycles. The van der Waals surface area contributed by atoms with Gasteiger partial charge in [0.25, 0.3) is 0 Å². The lowest BCUT2D eigenvalue weighted by molar-refractivity contribution is -0.0236. The quantitative estimate of drug-likeness (QED) is 0.207. The molecule has 0 aromatic carbocycles. The lowest BCUT2D eigenvalue weighted by Gasteiger charge is -2.09. The normalized spacial score (nSPS) is 11.6. The Morgan fingerprint density at radius 3 is 0.862 bits per heavy atom. The maximum Gasteiger partial charge on any atom is 0.0701 e. The van der Waals surface area contributed by atoms with E-state index in [0.717, 1.165) is 19.6 Å². The molecule has 0 N–H and O–H groups in total. The van der Waals surface area contributed by atoms with E-state index in [-0.39, 0.29) is 0 Å². The smallest absolute Gasteiger partial charge is 0.0701 e. The van der Waals surface area contributed by atoms with Crippen molar-refractivity contribution in [2.75, 3.05) is 106 Å². The fourth-order valence-corrected chi connectivity index (χ4v) is 2.00. The van der Waals surface area contributed by atoms with Crippen molar-refractivity contribution < 1.29 is 37.9 Å². The minimum absolute atomic E-state index is 0.550. The summed E-state index contributed by atoms with van der Waals surface area (Å²) in [6.07, 6.45) is 1.03. The Labute approximate surface area is 177 Å². The Hall–Kier alpha value is -0.320. The molecule has 0 saturated carbocycles. The molecule has 8 nitrogen and oxygen atoms in total. The zero-order valence-electron chi connectivity index (χ0n) is 18.9. The third-order valence-electron chi connectivity index (χ3n) is 3.40. The van der Waals surface area contributed by atoms with Gasteiger partial charge >= 0.3 is 0 Å². The molecule has 0 amide bonds. The molecule has 0 spiro atoms. The van der Waals surface area contributed by atoms with Gasteiger partial charge in [0.15, 0.2) is 0 Å². The predicted octanol–water partition coefficient (Wildman–Crippen LogP) is 2.19. The van der Waals surface area contributed by atoms with Crippen LogP contribution in [-0.2, 0) is 37.9 Å². The zero-order valence-corrected chi connectivity index (χ0v) is 18.9. The first-order valence-electron chi connectivity index (χ1n) is 10.9. The van der Waals surface area contributed by atoms with Gasteiger partial charge in [-0.05, 0) is 12.3 Å². The molecule has 176 valence electrons. The number of hydrogen-bond donors (Lipinski definition) is 0. The first-order chi connectivity index (χ1) is 14.3. The summed E-state index contributed by atoms with van der Waals surface area (Å²) >= 11 is 0. The summed E-state index contributed by atoms with van der Waals surface area (Å²) < 4.78 is 43.2. The molecule has 29 heavy (non-hydrogen) atoms. The highest BCUT2D eigenvalue weighted by Gasteiger charge is 1.96. The van der Waals surface area contributed by atoms with Gasteiger partial charge in [-0.15, -0.1) is 0 Å². The number of ether oxygens (including phenoxy) is 8. The third kappa shape index (κ3) is 27.7. The van der Waals surface area contributed by atoms with E-state index in [1.54, 1.807) is 0 Å². The molecule has 0 fully saturated rings. The van der Waals surface area contributed by atoms with Crippen LogP contribution >= 0.6 is 0 Å². The van der Waals surface area contributed by atoms with Crippen LogP contribution in [-0.4, -0.2) is 106 Å². The first kappa shape index (κ1) is 28.7. The van der Waals surface area contributed by atoms with Crippen molar-refractivity contribution in [1.29, 1.82) is 0 Å². The largest absolute Gasteiger partial charge is 0.379 e. The van der Waals surface area contributed by atoms with E-state index < -0.39 is 0 Å². The van der Waals surface area contributed by atoms with Gasteiger partial charge in [0.1, 0.15) is 0 Å². The van der Waals surface area contributed by atoms with Crippen LogP contribution in [0.4, 0.5) is 0 Å². The van der Waals surface area contributed by atoms with Gasteiger partial charge in [-0.3, -0.25) is 0 Å². The van der Waals surface area contributed by atoms with Crippen molar-refractivity contribution in [2.24, 2.45) is 5.92 Å². The van der Waals surface area contributed by atoms with E-state index in [2.05, 4.69) is 20.8 Å². The number of rotatable bonds is 25. The van der Waals surface area contributed by atoms with Gasteiger partial charge in [-0.25, -0.2) is 0 Å². The molecule has 0 aliphatic rings. The first-order valence-corrected chi connectivity index (χ1v) is 10.9. The lowest BCUT2D eigenvalue weighted by Crippen LogP contribution is -2.15. The van der Waals surface area contributed by atoms with Crippen LogP contribution in [0.5, 0.6) is 0 Å². The lowest BCUT2D eigenvalue weighted by atomic mass is 10.2. The maximum absolute atomic E-state index is 5.43. The maximum atomic E-state index is 5.43. The molecule has 0 aliphatic heterocycles. The minimum atomic E-state index is 0.550. The molecule has 0 bridgehead atoms. The van der Waals surface area contributed by atoms with Crippen LogP contribution in [0, 0.1) is 5.92 Å². The Morgan fingerprint density at radius 2 is 0.621 bits per heavy atom. The molecule has 0 rings (SSSR count). The highest BCUT2D eigenvalue weighted by molar-refractivity contribution is 4.40. The van der Waals surface area contributed by atoms with Crippen LogP contribution in [0.1, 0.15) is 27.2 Å². The molecular formula is C21H44O8. The average molecular weight is 425 g/mol. The fraction of sp³-hybridized carbons (Fsp3) is 1.00. The molecule has 0 heterocycles. The zero-order chi connectivity index (χ0) is 21.3. The van der Waals surface area contributed by atoms with Crippen LogP contribution in [0.25, 0.3) is 0 Å². The average Bonchev–Trinajstić information content (AvgIpc) is 2.71. The summed E-state index contributed by atoms with van der Waals surface area (Å²) in [4.78, 5) is 0. The number of hydrogen-bond acceptors (Lipinski definition) is 8. The van der Waals surface area contributed by atoms with Gasteiger partial charge in [-0.2, -0.15) is 0 Å². The molecule has 0 saturated heterocycles. The summed E-state index contributed by atoms with van der Waals surface area (Å²) in [5.41, 5.74) is 0. The molecule has 0 unspecified atom stereocenters. The van der Waals surface area contributed by atoms with Gasteiger partial charge in [0.2, 0.25) is 0 Å². The molecular weight excluding hydrogens is 380 g/mol. The summed E-state index contributed by atoms with van der Waals surface area (Å²) in [6, 6.07) is 0. The second-order valence-electron chi connectivity index (χ2n) is 6.76.